The molecule has 0 radical (unpaired) electrons. The highest BCUT2D eigenvalue weighted by molar-refractivity contribution is 8.00. The lowest BCUT2D eigenvalue weighted by Crippen LogP contribution is -2.31. The predicted molar refractivity (Wildman–Crippen MR) is 159 cm³/mol. The second-order valence-electron chi connectivity index (χ2n) is 8.73. The Kier molecular flexibility index (Phi) is 8.45. The van der Waals surface area contributed by atoms with E-state index in [1.165, 1.54) is 28.0 Å². The maximum atomic E-state index is 13.1. The Morgan fingerprint density at radius 2 is 1.65 bits per heavy atom. The molecule has 4 amide bonds. The zero-order valence-electron chi connectivity index (χ0n) is 20.9. The van der Waals surface area contributed by atoms with E-state index in [1.54, 1.807) is 78.9 Å². The van der Waals surface area contributed by atoms with Gasteiger partial charge in [-0.25, -0.2) is 4.90 Å². The van der Waals surface area contributed by atoms with Crippen molar-refractivity contribution >= 4 is 75.8 Å². The number of halogens is 1. The summed E-state index contributed by atoms with van der Waals surface area (Å²) in [6, 6.07) is 25.9. The van der Waals surface area contributed by atoms with Gasteiger partial charge in [-0.1, -0.05) is 35.9 Å². The fraction of sp³-hybridized carbons (Fsp3) is 0.0667. The molecule has 1 saturated heterocycles. The Morgan fingerprint density at radius 3 is 2.33 bits per heavy atom. The Morgan fingerprint density at radius 1 is 0.925 bits per heavy atom. The number of amides is 4. The van der Waals surface area contributed by atoms with E-state index in [0.717, 1.165) is 9.77 Å². The van der Waals surface area contributed by atoms with E-state index in [1.807, 2.05) is 23.6 Å². The van der Waals surface area contributed by atoms with Crippen molar-refractivity contribution in [1.82, 2.24) is 5.32 Å². The van der Waals surface area contributed by atoms with Crippen molar-refractivity contribution in [3.63, 3.8) is 0 Å². The highest BCUT2D eigenvalue weighted by Gasteiger charge is 2.40. The van der Waals surface area contributed by atoms with E-state index in [0.29, 0.717) is 22.0 Å². The molecule has 1 aromatic heterocycles. The first kappa shape index (κ1) is 27.4. The number of benzene rings is 3. The van der Waals surface area contributed by atoms with Gasteiger partial charge >= 0.3 is 0 Å². The zero-order valence-corrected chi connectivity index (χ0v) is 23.3. The van der Waals surface area contributed by atoms with Crippen LogP contribution in [0.25, 0.3) is 6.08 Å². The molecule has 1 atom stereocenters. The molecule has 1 fully saturated rings. The fourth-order valence-electron chi connectivity index (χ4n) is 4.00. The number of nitrogens with one attached hydrogen (secondary N) is 2. The van der Waals surface area contributed by atoms with Crippen LogP contribution in [0.5, 0.6) is 0 Å². The standard InChI is InChI=1S/C30H22ClN3O4S2/c31-20-8-12-22(13-9-20)34-27(35)18-26(30(34)38)40-23-14-10-21(11-15-23)32-29(37)25(17-24-7-4-16-39-24)33-28(36)19-5-2-1-3-6-19/h1-17,26H,18H2,(H,32,37)(H,33,36)/b25-17-. The number of hydrogen-bond donors (Lipinski definition) is 2. The van der Waals surface area contributed by atoms with Crippen LogP contribution in [0.3, 0.4) is 0 Å². The third kappa shape index (κ3) is 6.51. The zero-order chi connectivity index (χ0) is 28.1. The van der Waals surface area contributed by atoms with E-state index < -0.39 is 17.1 Å². The SMILES string of the molecule is O=C(Nc1ccc(SC2CC(=O)N(c3ccc(Cl)cc3)C2=O)cc1)/C(=C/c1cccs1)NC(=O)c1ccccc1. The van der Waals surface area contributed by atoms with Crippen LogP contribution in [-0.2, 0) is 14.4 Å². The van der Waals surface area contributed by atoms with Crippen molar-refractivity contribution in [3.05, 3.63) is 118 Å². The largest absolute Gasteiger partial charge is 0.321 e. The Balaban J connectivity index is 1.25. The number of hydrogen-bond acceptors (Lipinski definition) is 6. The number of thiophene rings is 1. The topological polar surface area (TPSA) is 95.6 Å². The summed E-state index contributed by atoms with van der Waals surface area (Å²) in [5.74, 6) is -1.43. The maximum Gasteiger partial charge on any atom is 0.272 e. The summed E-state index contributed by atoms with van der Waals surface area (Å²) in [7, 11) is 0. The second kappa shape index (κ2) is 12.3. The van der Waals surface area contributed by atoms with Gasteiger partial charge in [0.2, 0.25) is 11.8 Å². The van der Waals surface area contributed by atoms with Gasteiger partial charge in [0.25, 0.3) is 11.8 Å². The molecule has 10 heteroatoms. The van der Waals surface area contributed by atoms with Crippen LogP contribution in [0.4, 0.5) is 11.4 Å². The molecule has 2 heterocycles. The maximum absolute atomic E-state index is 13.1. The number of carbonyl (C=O) groups excluding carboxylic acids is 4. The second-order valence-corrected chi connectivity index (χ2v) is 11.4. The minimum absolute atomic E-state index is 0.0859. The smallest absolute Gasteiger partial charge is 0.272 e. The molecular formula is C30H22ClN3O4S2. The predicted octanol–water partition coefficient (Wildman–Crippen LogP) is 6.24. The molecule has 4 aromatic rings. The van der Waals surface area contributed by atoms with Crippen molar-refractivity contribution in [2.45, 2.75) is 16.6 Å². The first-order valence-corrected chi connectivity index (χ1v) is 14.3. The minimum atomic E-state index is -0.558. The van der Waals surface area contributed by atoms with Crippen molar-refractivity contribution in [2.75, 3.05) is 10.2 Å². The molecule has 2 N–H and O–H groups in total. The van der Waals surface area contributed by atoms with E-state index >= 15 is 0 Å². The van der Waals surface area contributed by atoms with Crippen LogP contribution in [-0.4, -0.2) is 28.9 Å². The lowest BCUT2D eigenvalue weighted by Gasteiger charge is -2.15. The number of imide groups is 1. The molecule has 40 heavy (non-hydrogen) atoms. The summed E-state index contributed by atoms with van der Waals surface area (Å²) in [6.45, 7) is 0. The molecule has 0 bridgehead atoms. The van der Waals surface area contributed by atoms with Gasteiger partial charge in [0.05, 0.1) is 10.9 Å². The Hall–Kier alpha value is -4.18. The number of thioether (sulfide) groups is 1. The summed E-state index contributed by atoms with van der Waals surface area (Å²) in [4.78, 5) is 54.2. The number of nitrogens with zero attached hydrogens (tertiary/aromatic N) is 1. The van der Waals surface area contributed by atoms with E-state index in [-0.39, 0.29) is 23.9 Å². The van der Waals surface area contributed by atoms with Crippen LogP contribution in [0.15, 0.2) is 107 Å². The van der Waals surface area contributed by atoms with Crippen molar-refractivity contribution in [3.8, 4) is 0 Å². The summed E-state index contributed by atoms with van der Waals surface area (Å²) in [5.41, 5.74) is 1.54. The highest BCUT2D eigenvalue weighted by Crippen LogP contribution is 2.34. The highest BCUT2D eigenvalue weighted by atomic mass is 35.5. The molecular weight excluding hydrogens is 566 g/mol. The quantitative estimate of drug-likeness (QED) is 0.188. The normalized spacial score (nSPS) is 15.3. The summed E-state index contributed by atoms with van der Waals surface area (Å²) in [5, 5.41) is 7.37. The van der Waals surface area contributed by atoms with Crippen LogP contribution >= 0.6 is 34.7 Å². The van der Waals surface area contributed by atoms with Gasteiger partial charge in [-0.2, -0.15) is 0 Å². The third-order valence-corrected chi connectivity index (χ3v) is 8.21. The molecule has 1 aliphatic heterocycles. The summed E-state index contributed by atoms with van der Waals surface area (Å²) >= 11 is 8.66. The van der Waals surface area contributed by atoms with Crippen molar-refractivity contribution < 1.29 is 19.2 Å². The van der Waals surface area contributed by atoms with Gasteiger partial charge in [0.1, 0.15) is 5.70 Å². The fourth-order valence-corrected chi connectivity index (χ4v) is 5.83. The first-order valence-electron chi connectivity index (χ1n) is 12.2. The lowest BCUT2D eigenvalue weighted by molar-refractivity contribution is -0.121. The van der Waals surface area contributed by atoms with Crippen molar-refractivity contribution in [1.29, 1.82) is 0 Å². The molecule has 0 saturated carbocycles. The van der Waals surface area contributed by atoms with Gasteiger partial charge in [0, 0.05) is 32.5 Å². The summed E-state index contributed by atoms with van der Waals surface area (Å²) < 4.78 is 0. The Labute approximate surface area is 243 Å². The van der Waals surface area contributed by atoms with Crippen LogP contribution in [0.2, 0.25) is 5.02 Å². The van der Waals surface area contributed by atoms with Gasteiger partial charge in [0.15, 0.2) is 0 Å². The molecule has 7 nitrogen and oxygen atoms in total. The monoisotopic (exact) mass is 587 g/mol. The number of anilines is 2. The van der Waals surface area contributed by atoms with Crippen LogP contribution in [0.1, 0.15) is 21.7 Å². The van der Waals surface area contributed by atoms with Crippen molar-refractivity contribution in [2.24, 2.45) is 0 Å². The van der Waals surface area contributed by atoms with Gasteiger partial charge < -0.3 is 10.6 Å². The van der Waals surface area contributed by atoms with E-state index in [4.69, 9.17) is 11.6 Å². The molecule has 0 aliphatic carbocycles. The third-order valence-electron chi connectivity index (χ3n) is 5.94. The van der Waals surface area contributed by atoms with Gasteiger partial charge in [-0.05, 0) is 78.2 Å². The molecule has 0 spiro atoms. The molecule has 200 valence electrons. The first-order chi connectivity index (χ1) is 19.4. The molecule has 5 rings (SSSR count). The van der Waals surface area contributed by atoms with E-state index in [9.17, 15) is 19.2 Å². The molecule has 3 aromatic carbocycles. The number of rotatable bonds is 8. The van der Waals surface area contributed by atoms with E-state index in [2.05, 4.69) is 10.6 Å². The molecule has 1 unspecified atom stereocenters. The summed E-state index contributed by atoms with van der Waals surface area (Å²) in [6.07, 6.45) is 1.71. The average Bonchev–Trinajstić information content (AvgIpc) is 3.57. The number of carbonyl (C=O) groups is 4. The lowest BCUT2D eigenvalue weighted by atomic mass is 10.2. The van der Waals surface area contributed by atoms with Gasteiger partial charge in [-0.15, -0.1) is 23.1 Å². The average molecular weight is 588 g/mol. The minimum Gasteiger partial charge on any atom is -0.321 e. The van der Waals surface area contributed by atoms with Crippen LogP contribution in [0, 0.1) is 0 Å². The van der Waals surface area contributed by atoms with Crippen LogP contribution < -0.4 is 15.5 Å². The molecule has 1 aliphatic rings. The van der Waals surface area contributed by atoms with Gasteiger partial charge in [-0.3, -0.25) is 19.2 Å². The Bertz CT molecular complexity index is 1570.